The molecular formula is C18H21NO2S. The standard InChI is InChI=1S/C18H21NO2S/c1-14-3-2-4-16(11-14)12-22-13-18(21)19-17-7-5-15(6-8-17)9-10-20/h2-8,11,20H,9-10,12-13H2,1H3,(H,19,21). The lowest BCUT2D eigenvalue weighted by Crippen LogP contribution is -2.14. The molecule has 1 amide bonds. The second-order valence-electron chi connectivity index (χ2n) is 5.20. The van der Waals surface area contributed by atoms with Crippen LogP contribution in [-0.4, -0.2) is 23.4 Å². The number of carbonyl (C=O) groups is 1. The zero-order chi connectivity index (χ0) is 15.8. The molecular weight excluding hydrogens is 294 g/mol. The van der Waals surface area contributed by atoms with Gasteiger partial charge in [-0.1, -0.05) is 42.0 Å². The number of amides is 1. The van der Waals surface area contributed by atoms with Gasteiger partial charge in [-0.05, 0) is 36.6 Å². The smallest absolute Gasteiger partial charge is 0.234 e. The largest absolute Gasteiger partial charge is 0.396 e. The van der Waals surface area contributed by atoms with Crippen LogP contribution < -0.4 is 5.32 Å². The molecule has 0 aliphatic heterocycles. The summed E-state index contributed by atoms with van der Waals surface area (Å²) in [6.45, 7) is 2.21. The van der Waals surface area contributed by atoms with Crippen molar-refractivity contribution in [3.63, 3.8) is 0 Å². The Kier molecular flexibility index (Phi) is 6.49. The number of carbonyl (C=O) groups excluding carboxylic acids is 1. The highest BCUT2D eigenvalue weighted by Crippen LogP contribution is 2.15. The Morgan fingerprint density at radius 1 is 1.14 bits per heavy atom. The van der Waals surface area contributed by atoms with Crippen LogP contribution in [-0.2, 0) is 17.0 Å². The van der Waals surface area contributed by atoms with Gasteiger partial charge in [0.05, 0.1) is 5.75 Å². The van der Waals surface area contributed by atoms with Gasteiger partial charge in [0, 0.05) is 18.0 Å². The fourth-order valence-corrected chi connectivity index (χ4v) is 2.92. The molecule has 22 heavy (non-hydrogen) atoms. The maximum absolute atomic E-state index is 11.9. The second-order valence-corrected chi connectivity index (χ2v) is 6.19. The van der Waals surface area contributed by atoms with Gasteiger partial charge in [-0.3, -0.25) is 4.79 Å². The third-order valence-corrected chi connectivity index (χ3v) is 4.23. The zero-order valence-corrected chi connectivity index (χ0v) is 13.5. The van der Waals surface area contributed by atoms with Crippen LogP contribution in [0.25, 0.3) is 0 Å². The van der Waals surface area contributed by atoms with Crippen LogP contribution in [0.1, 0.15) is 16.7 Å². The summed E-state index contributed by atoms with van der Waals surface area (Å²) < 4.78 is 0. The van der Waals surface area contributed by atoms with E-state index in [1.54, 1.807) is 11.8 Å². The van der Waals surface area contributed by atoms with Gasteiger partial charge in [-0.15, -0.1) is 11.8 Å². The molecule has 2 aromatic rings. The van der Waals surface area contributed by atoms with E-state index in [0.29, 0.717) is 12.2 Å². The molecule has 3 nitrogen and oxygen atoms in total. The van der Waals surface area contributed by atoms with E-state index in [1.165, 1.54) is 11.1 Å². The van der Waals surface area contributed by atoms with Crippen molar-refractivity contribution in [2.75, 3.05) is 17.7 Å². The summed E-state index contributed by atoms with van der Waals surface area (Å²) in [7, 11) is 0. The SMILES string of the molecule is Cc1cccc(CSCC(=O)Nc2ccc(CCO)cc2)c1. The first-order valence-corrected chi connectivity index (χ1v) is 8.46. The van der Waals surface area contributed by atoms with Crippen molar-refractivity contribution in [3.05, 3.63) is 65.2 Å². The summed E-state index contributed by atoms with van der Waals surface area (Å²) >= 11 is 1.61. The Balaban J connectivity index is 1.75. The molecule has 0 fully saturated rings. The van der Waals surface area contributed by atoms with Crippen LogP contribution in [0.15, 0.2) is 48.5 Å². The topological polar surface area (TPSA) is 49.3 Å². The van der Waals surface area contributed by atoms with Crippen molar-refractivity contribution < 1.29 is 9.90 Å². The number of aliphatic hydroxyl groups excluding tert-OH is 1. The van der Waals surface area contributed by atoms with Crippen LogP contribution in [0.5, 0.6) is 0 Å². The molecule has 4 heteroatoms. The number of benzene rings is 2. The van der Waals surface area contributed by atoms with Crippen LogP contribution in [0.3, 0.4) is 0 Å². The highest BCUT2D eigenvalue weighted by atomic mass is 32.2. The minimum atomic E-state index is 0.00700. The van der Waals surface area contributed by atoms with Crippen molar-refractivity contribution in [3.8, 4) is 0 Å². The third kappa shape index (κ3) is 5.54. The van der Waals surface area contributed by atoms with Gasteiger partial charge in [0.2, 0.25) is 5.91 Å². The molecule has 0 bridgehead atoms. The molecule has 0 saturated carbocycles. The van der Waals surface area contributed by atoms with Crippen molar-refractivity contribution in [2.24, 2.45) is 0 Å². The zero-order valence-electron chi connectivity index (χ0n) is 12.7. The van der Waals surface area contributed by atoms with E-state index < -0.39 is 0 Å². The molecule has 0 spiro atoms. The first-order valence-electron chi connectivity index (χ1n) is 7.30. The lowest BCUT2D eigenvalue weighted by Gasteiger charge is -2.07. The van der Waals surface area contributed by atoms with Gasteiger partial charge >= 0.3 is 0 Å². The Hall–Kier alpha value is -1.78. The van der Waals surface area contributed by atoms with E-state index in [1.807, 2.05) is 30.3 Å². The number of aryl methyl sites for hydroxylation is 1. The summed E-state index contributed by atoms with van der Waals surface area (Å²) in [5.41, 5.74) is 4.34. The average molecular weight is 315 g/mol. The molecule has 0 aliphatic carbocycles. The van der Waals surface area contributed by atoms with Crippen molar-refractivity contribution in [2.45, 2.75) is 19.1 Å². The predicted molar refractivity (Wildman–Crippen MR) is 93.2 cm³/mol. The monoisotopic (exact) mass is 315 g/mol. The second kappa shape index (κ2) is 8.61. The quantitative estimate of drug-likeness (QED) is 0.823. The summed E-state index contributed by atoms with van der Waals surface area (Å²) in [5, 5.41) is 11.8. The van der Waals surface area contributed by atoms with Gasteiger partial charge in [0.25, 0.3) is 0 Å². The van der Waals surface area contributed by atoms with Crippen molar-refractivity contribution in [1.82, 2.24) is 0 Å². The number of rotatable bonds is 7. The highest BCUT2D eigenvalue weighted by molar-refractivity contribution is 7.99. The number of nitrogens with one attached hydrogen (secondary N) is 1. The molecule has 0 atom stereocenters. The molecule has 0 aromatic heterocycles. The molecule has 0 saturated heterocycles. The van der Waals surface area contributed by atoms with E-state index in [2.05, 4.69) is 30.4 Å². The minimum Gasteiger partial charge on any atom is -0.396 e. The van der Waals surface area contributed by atoms with Crippen molar-refractivity contribution >= 4 is 23.4 Å². The van der Waals surface area contributed by atoms with Crippen LogP contribution in [0, 0.1) is 6.92 Å². The van der Waals surface area contributed by atoms with E-state index >= 15 is 0 Å². The molecule has 2 rings (SSSR count). The number of thioether (sulfide) groups is 1. The average Bonchev–Trinajstić information content (AvgIpc) is 2.50. The molecule has 116 valence electrons. The minimum absolute atomic E-state index is 0.00700. The van der Waals surface area contributed by atoms with Crippen LogP contribution in [0.4, 0.5) is 5.69 Å². The molecule has 0 heterocycles. The first-order chi connectivity index (χ1) is 10.7. The lowest BCUT2D eigenvalue weighted by molar-refractivity contribution is -0.113. The third-order valence-electron chi connectivity index (χ3n) is 3.22. The fourth-order valence-electron chi connectivity index (χ4n) is 2.14. The van der Waals surface area contributed by atoms with Gasteiger partial charge < -0.3 is 10.4 Å². The Bertz CT molecular complexity index is 611. The summed E-state index contributed by atoms with van der Waals surface area (Å²) in [5.74, 6) is 1.28. The molecule has 2 N–H and O–H groups in total. The van der Waals surface area contributed by atoms with Crippen molar-refractivity contribution in [1.29, 1.82) is 0 Å². The maximum atomic E-state index is 11.9. The summed E-state index contributed by atoms with van der Waals surface area (Å²) in [6, 6.07) is 15.9. The number of anilines is 1. The van der Waals surface area contributed by atoms with E-state index in [9.17, 15) is 4.79 Å². The Labute approximate surface area is 135 Å². The lowest BCUT2D eigenvalue weighted by atomic mass is 10.1. The van der Waals surface area contributed by atoms with Crippen LogP contribution >= 0.6 is 11.8 Å². The van der Waals surface area contributed by atoms with Gasteiger partial charge in [-0.25, -0.2) is 0 Å². The highest BCUT2D eigenvalue weighted by Gasteiger charge is 2.03. The van der Waals surface area contributed by atoms with E-state index in [4.69, 9.17) is 5.11 Å². The first kappa shape index (κ1) is 16.6. The molecule has 2 aromatic carbocycles. The van der Waals surface area contributed by atoms with E-state index in [-0.39, 0.29) is 12.5 Å². The van der Waals surface area contributed by atoms with Gasteiger partial charge in [0.15, 0.2) is 0 Å². The fraction of sp³-hybridized carbons (Fsp3) is 0.278. The summed E-state index contributed by atoms with van der Waals surface area (Å²) in [4.78, 5) is 11.9. The molecule has 0 aliphatic rings. The Morgan fingerprint density at radius 3 is 2.59 bits per heavy atom. The number of hydrogen-bond acceptors (Lipinski definition) is 3. The van der Waals surface area contributed by atoms with Crippen LogP contribution in [0.2, 0.25) is 0 Å². The maximum Gasteiger partial charge on any atom is 0.234 e. The summed E-state index contributed by atoms with van der Waals surface area (Å²) in [6.07, 6.45) is 0.639. The predicted octanol–water partition coefficient (Wildman–Crippen LogP) is 3.40. The van der Waals surface area contributed by atoms with E-state index in [0.717, 1.165) is 17.0 Å². The Morgan fingerprint density at radius 2 is 1.91 bits per heavy atom. The molecule has 0 radical (unpaired) electrons. The normalized spacial score (nSPS) is 10.5. The van der Waals surface area contributed by atoms with Gasteiger partial charge in [-0.2, -0.15) is 0 Å². The number of aliphatic hydroxyl groups is 1. The number of hydrogen-bond donors (Lipinski definition) is 2. The van der Waals surface area contributed by atoms with Gasteiger partial charge in [0.1, 0.15) is 0 Å². The molecule has 0 unspecified atom stereocenters.